The number of aryl methyl sites for hydroxylation is 2. The predicted molar refractivity (Wildman–Crippen MR) is 94.9 cm³/mol. The molecule has 0 unspecified atom stereocenters. The monoisotopic (exact) mass is 366 g/mol. The van der Waals surface area contributed by atoms with Crippen molar-refractivity contribution < 1.29 is 9.53 Å². The van der Waals surface area contributed by atoms with Crippen molar-refractivity contribution in [3.05, 3.63) is 38.4 Å². The Morgan fingerprint density at radius 1 is 1.42 bits per heavy atom. The minimum absolute atomic E-state index is 0.0646. The maximum atomic E-state index is 12.4. The normalized spacial score (nSPS) is 14.7. The molecular formula is C16H19ClN4O2S. The third-order valence-electron chi connectivity index (χ3n) is 3.81. The standard InChI is InChI=1S/C16H19ClN4O2S/c1-10-14(20-11(2)24-10)9-19-15-13(17)7-12(8-18-15)16(22)21-3-5-23-6-4-21/h7-8H,3-6,9H2,1-2H3,(H,18,19). The largest absolute Gasteiger partial charge is 0.378 e. The zero-order chi connectivity index (χ0) is 17.1. The second kappa shape index (κ2) is 7.46. The molecule has 3 rings (SSSR count). The summed E-state index contributed by atoms with van der Waals surface area (Å²) in [6.45, 7) is 6.91. The Hall–Kier alpha value is -1.70. The summed E-state index contributed by atoms with van der Waals surface area (Å²) in [6.07, 6.45) is 1.56. The molecule has 1 fully saturated rings. The van der Waals surface area contributed by atoms with Crippen LogP contribution in [0.15, 0.2) is 12.3 Å². The molecule has 0 radical (unpaired) electrons. The molecule has 2 aromatic heterocycles. The van der Waals surface area contributed by atoms with Gasteiger partial charge in [-0.15, -0.1) is 11.3 Å². The molecule has 24 heavy (non-hydrogen) atoms. The number of amides is 1. The van der Waals surface area contributed by atoms with Crippen molar-refractivity contribution >= 4 is 34.7 Å². The van der Waals surface area contributed by atoms with E-state index in [0.717, 1.165) is 10.7 Å². The quantitative estimate of drug-likeness (QED) is 0.901. The van der Waals surface area contributed by atoms with Crippen LogP contribution in [-0.4, -0.2) is 47.1 Å². The van der Waals surface area contributed by atoms with Gasteiger partial charge in [0.15, 0.2) is 0 Å². The van der Waals surface area contributed by atoms with Gasteiger partial charge >= 0.3 is 0 Å². The summed E-state index contributed by atoms with van der Waals surface area (Å²) in [5.74, 6) is 0.491. The van der Waals surface area contributed by atoms with E-state index in [4.69, 9.17) is 16.3 Å². The number of ether oxygens (including phenoxy) is 1. The Labute approximate surface area is 149 Å². The van der Waals surface area contributed by atoms with Crippen LogP contribution in [0.4, 0.5) is 5.82 Å². The Kier molecular flexibility index (Phi) is 5.33. The summed E-state index contributed by atoms with van der Waals surface area (Å²) in [6, 6.07) is 1.66. The minimum atomic E-state index is -0.0646. The van der Waals surface area contributed by atoms with Gasteiger partial charge in [0.2, 0.25) is 0 Å². The molecule has 2 aromatic rings. The molecular weight excluding hydrogens is 348 g/mol. The van der Waals surface area contributed by atoms with E-state index in [2.05, 4.69) is 15.3 Å². The first-order valence-electron chi connectivity index (χ1n) is 7.74. The smallest absolute Gasteiger partial charge is 0.255 e. The average Bonchev–Trinajstić information content (AvgIpc) is 2.91. The number of nitrogens with one attached hydrogen (secondary N) is 1. The van der Waals surface area contributed by atoms with Crippen molar-refractivity contribution in [3.8, 4) is 0 Å². The van der Waals surface area contributed by atoms with Crippen molar-refractivity contribution in [2.24, 2.45) is 0 Å². The summed E-state index contributed by atoms with van der Waals surface area (Å²) < 4.78 is 5.26. The number of rotatable bonds is 4. The maximum absolute atomic E-state index is 12.4. The third kappa shape index (κ3) is 3.85. The van der Waals surface area contributed by atoms with Crippen LogP contribution in [0.5, 0.6) is 0 Å². The summed E-state index contributed by atoms with van der Waals surface area (Å²) in [5, 5.41) is 4.65. The van der Waals surface area contributed by atoms with E-state index >= 15 is 0 Å². The highest BCUT2D eigenvalue weighted by Crippen LogP contribution is 2.23. The van der Waals surface area contributed by atoms with E-state index < -0.39 is 0 Å². The van der Waals surface area contributed by atoms with Gasteiger partial charge in [-0.05, 0) is 19.9 Å². The lowest BCUT2D eigenvalue weighted by Gasteiger charge is -2.26. The van der Waals surface area contributed by atoms with E-state index in [1.165, 1.54) is 4.88 Å². The summed E-state index contributed by atoms with van der Waals surface area (Å²) >= 11 is 7.95. The van der Waals surface area contributed by atoms with Crippen LogP contribution in [0, 0.1) is 13.8 Å². The fourth-order valence-electron chi connectivity index (χ4n) is 2.54. The number of nitrogens with zero attached hydrogens (tertiary/aromatic N) is 3. The number of carbonyl (C=O) groups is 1. The number of anilines is 1. The van der Waals surface area contributed by atoms with Gasteiger partial charge in [0.05, 0.1) is 41.0 Å². The van der Waals surface area contributed by atoms with Gasteiger partial charge in [-0.2, -0.15) is 0 Å². The number of aromatic nitrogens is 2. The molecule has 0 spiro atoms. The number of pyridine rings is 1. The van der Waals surface area contributed by atoms with Crippen molar-refractivity contribution in [2.75, 3.05) is 31.6 Å². The van der Waals surface area contributed by atoms with Gasteiger partial charge < -0.3 is 15.0 Å². The highest BCUT2D eigenvalue weighted by atomic mass is 35.5. The molecule has 1 aliphatic rings. The van der Waals surface area contributed by atoms with E-state index in [1.807, 2.05) is 13.8 Å². The van der Waals surface area contributed by atoms with Crippen molar-refractivity contribution in [1.29, 1.82) is 0 Å². The first kappa shape index (κ1) is 17.1. The second-order valence-electron chi connectivity index (χ2n) is 5.55. The Morgan fingerprint density at radius 3 is 2.79 bits per heavy atom. The van der Waals surface area contributed by atoms with Crippen LogP contribution in [-0.2, 0) is 11.3 Å². The molecule has 0 aliphatic carbocycles. The molecule has 1 amide bonds. The van der Waals surface area contributed by atoms with Gasteiger partial charge in [0.25, 0.3) is 5.91 Å². The third-order valence-corrected chi connectivity index (χ3v) is 5.03. The van der Waals surface area contributed by atoms with E-state index in [1.54, 1.807) is 28.5 Å². The fraction of sp³-hybridized carbons (Fsp3) is 0.438. The van der Waals surface area contributed by atoms with Crippen LogP contribution in [0.25, 0.3) is 0 Å². The van der Waals surface area contributed by atoms with Crippen molar-refractivity contribution in [1.82, 2.24) is 14.9 Å². The van der Waals surface area contributed by atoms with Crippen LogP contribution in [0.1, 0.15) is 25.9 Å². The van der Waals surface area contributed by atoms with Gasteiger partial charge in [-0.25, -0.2) is 9.97 Å². The number of carbonyl (C=O) groups excluding carboxylic acids is 1. The highest BCUT2D eigenvalue weighted by molar-refractivity contribution is 7.11. The molecule has 1 N–H and O–H groups in total. The van der Waals surface area contributed by atoms with E-state index in [9.17, 15) is 4.79 Å². The average molecular weight is 367 g/mol. The zero-order valence-electron chi connectivity index (χ0n) is 13.6. The van der Waals surface area contributed by atoms with Gasteiger partial charge in [0, 0.05) is 24.2 Å². The highest BCUT2D eigenvalue weighted by Gasteiger charge is 2.19. The fourth-order valence-corrected chi connectivity index (χ4v) is 3.61. The van der Waals surface area contributed by atoms with Gasteiger partial charge in [-0.3, -0.25) is 4.79 Å². The molecule has 0 aromatic carbocycles. The molecule has 128 valence electrons. The molecule has 6 nitrogen and oxygen atoms in total. The lowest BCUT2D eigenvalue weighted by Crippen LogP contribution is -2.40. The van der Waals surface area contributed by atoms with Crippen LogP contribution < -0.4 is 5.32 Å². The molecule has 0 atom stereocenters. The van der Waals surface area contributed by atoms with Crippen molar-refractivity contribution in [3.63, 3.8) is 0 Å². The number of hydrogen-bond acceptors (Lipinski definition) is 6. The molecule has 1 aliphatic heterocycles. The minimum Gasteiger partial charge on any atom is -0.378 e. The molecule has 8 heteroatoms. The molecule has 0 bridgehead atoms. The summed E-state index contributed by atoms with van der Waals surface area (Å²) in [7, 11) is 0. The van der Waals surface area contributed by atoms with E-state index in [-0.39, 0.29) is 5.91 Å². The topological polar surface area (TPSA) is 67.4 Å². The van der Waals surface area contributed by atoms with E-state index in [0.29, 0.717) is 49.3 Å². The van der Waals surface area contributed by atoms with Crippen LogP contribution in [0.2, 0.25) is 5.02 Å². The maximum Gasteiger partial charge on any atom is 0.255 e. The van der Waals surface area contributed by atoms with Gasteiger partial charge in [0.1, 0.15) is 5.82 Å². The predicted octanol–water partition coefficient (Wildman–Crippen LogP) is 2.89. The number of hydrogen-bond donors (Lipinski definition) is 1. The Morgan fingerprint density at radius 2 is 2.17 bits per heavy atom. The van der Waals surface area contributed by atoms with Crippen LogP contribution in [0.3, 0.4) is 0 Å². The SMILES string of the molecule is Cc1nc(CNc2ncc(C(=O)N3CCOCC3)cc2Cl)c(C)s1. The molecule has 3 heterocycles. The Balaban J connectivity index is 1.68. The Bertz CT molecular complexity index is 744. The second-order valence-corrected chi connectivity index (χ2v) is 7.36. The lowest BCUT2D eigenvalue weighted by atomic mass is 10.2. The number of morpholine rings is 1. The van der Waals surface area contributed by atoms with Crippen LogP contribution >= 0.6 is 22.9 Å². The molecule has 0 saturated carbocycles. The summed E-state index contributed by atoms with van der Waals surface area (Å²) in [4.78, 5) is 24.1. The summed E-state index contributed by atoms with van der Waals surface area (Å²) in [5.41, 5.74) is 1.48. The first-order chi connectivity index (χ1) is 11.5. The number of thiazole rings is 1. The zero-order valence-corrected chi connectivity index (χ0v) is 15.2. The number of halogens is 1. The van der Waals surface area contributed by atoms with Crippen molar-refractivity contribution in [2.45, 2.75) is 20.4 Å². The first-order valence-corrected chi connectivity index (χ1v) is 8.93. The lowest BCUT2D eigenvalue weighted by molar-refractivity contribution is 0.0302. The molecule has 1 saturated heterocycles. The van der Waals surface area contributed by atoms with Gasteiger partial charge in [-0.1, -0.05) is 11.6 Å².